The van der Waals surface area contributed by atoms with Gasteiger partial charge in [-0.3, -0.25) is 9.59 Å². The summed E-state index contributed by atoms with van der Waals surface area (Å²) in [4.78, 5) is 25.8. The number of carbonyl (C=O) groups is 2. The van der Waals surface area contributed by atoms with Crippen LogP contribution in [0.15, 0.2) is 24.5 Å². The number of aromatic nitrogens is 1. The third-order valence-electron chi connectivity index (χ3n) is 4.20. The molecule has 1 aliphatic rings. The van der Waals surface area contributed by atoms with Crippen LogP contribution >= 0.6 is 11.3 Å². The van der Waals surface area contributed by atoms with Crippen LogP contribution in [0.1, 0.15) is 47.0 Å². The Morgan fingerprint density at radius 3 is 2.67 bits per heavy atom. The van der Waals surface area contributed by atoms with Gasteiger partial charge in [-0.15, -0.1) is 11.3 Å². The molecular formula is C18H23N3O2S. The molecule has 6 heteroatoms. The number of aryl methyl sites for hydroxylation is 1. The minimum absolute atomic E-state index is 0.0224. The second-order valence-electron chi connectivity index (χ2n) is 6.01. The molecule has 3 rings (SSSR count). The fraction of sp³-hybridized carbons (Fsp3) is 0.444. The molecule has 2 aromatic rings. The molecule has 2 amide bonds. The number of rotatable bonds is 6. The van der Waals surface area contributed by atoms with Gasteiger partial charge in [0.15, 0.2) is 0 Å². The van der Waals surface area contributed by atoms with E-state index in [2.05, 4.69) is 10.6 Å². The van der Waals surface area contributed by atoms with E-state index in [1.165, 1.54) is 16.9 Å². The first kappa shape index (κ1) is 16.8. The highest BCUT2D eigenvalue weighted by Gasteiger charge is 2.26. The highest BCUT2D eigenvalue weighted by atomic mass is 32.1. The molecule has 5 nitrogen and oxygen atoms in total. The molecular weight excluding hydrogens is 322 g/mol. The quantitative estimate of drug-likeness (QED) is 0.845. The molecule has 2 heterocycles. The molecule has 0 bridgehead atoms. The van der Waals surface area contributed by atoms with Gasteiger partial charge >= 0.3 is 0 Å². The lowest BCUT2D eigenvalue weighted by Gasteiger charge is -2.13. The number of carbonyl (C=O) groups excluding carboxylic acids is 2. The minimum Gasteiger partial charge on any atom is -0.355 e. The second-order valence-corrected chi connectivity index (χ2v) is 7.10. The summed E-state index contributed by atoms with van der Waals surface area (Å²) in [6, 6.07) is 3.91. The SMILES string of the molecule is CCCNC(=O)CNC(=O)c1c(-n2cccc2)sc2c1CCCC2. The number of nitrogens with one attached hydrogen (secondary N) is 2. The van der Waals surface area contributed by atoms with Gasteiger partial charge in [-0.25, -0.2) is 0 Å². The van der Waals surface area contributed by atoms with Crippen LogP contribution in [0.2, 0.25) is 0 Å². The third-order valence-corrected chi connectivity index (χ3v) is 5.51. The average Bonchev–Trinajstić information content (AvgIpc) is 3.24. The Morgan fingerprint density at radius 2 is 1.92 bits per heavy atom. The van der Waals surface area contributed by atoms with Gasteiger partial charge in [0.05, 0.1) is 12.1 Å². The molecule has 0 unspecified atom stereocenters. The largest absolute Gasteiger partial charge is 0.355 e. The van der Waals surface area contributed by atoms with E-state index in [4.69, 9.17) is 0 Å². The van der Waals surface area contributed by atoms with Gasteiger partial charge in [-0.1, -0.05) is 6.92 Å². The molecule has 0 atom stereocenters. The summed E-state index contributed by atoms with van der Waals surface area (Å²) < 4.78 is 2.00. The van der Waals surface area contributed by atoms with E-state index in [9.17, 15) is 9.59 Å². The van der Waals surface area contributed by atoms with E-state index in [-0.39, 0.29) is 18.4 Å². The van der Waals surface area contributed by atoms with Crippen molar-refractivity contribution < 1.29 is 9.59 Å². The molecule has 0 aromatic carbocycles. The molecule has 0 saturated heterocycles. The Morgan fingerprint density at radius 1 is 1.17 bits per heavy atom. The molecule has 0 fully saturated rings. The Kier molecular flexibility index (Phi) is 5.35. The summed E-state index contributed by atoms with van der Waals surface area (Å²) >= 11 is 1.70. The number of amides is 2. The molecule has 0 saturated carbocycles. The highest BCUT2D eigenvalue weighted by Crippen LogP contribution is 2.36. The Labute approximate surface area is 146 Å². The standard InChI is InChI=1S/C18H23N3O2S/c1-2-9-19-15(22)12-20-17(23)16-13-7-3-4-8-14(13)24-18(16)21-10-5-6-11-21/h5-6,10-11H,2-4,7-9,12H2,1H3,(H,19,22)(H,20,23). The minimum atomic E-state index is -0.148. The first-order chi connectivity index (χ1) is 11.7. The Bertz CT molecular complexity index is 719. The summed E-state index contributed by atoms with van der Waals surface area (Å²) in [5, 5.41) is 6.53. The molecule has 2 aromatic heterocycles. The van der Waals surface area contributed by atoms with Gasteiger partial charge in [-0.2, -0.15) is 0 Å². The van der Waals surface area contributed by atoms with E-state index in [0.29, 0.717) is 6.54 Å². The first-order valence-corrected chi connectivity index (χ1v) is 9.35. The lowest BCUT2D eigenvalue weighted by atomic mass is 9.95. The van der Waals surface area contributed by atoms with Crippen LogP contribution in [0, 0.1) is 0 Å². The average molecular weight is 345 g/mol. The molecule has 24 heavy (non-hydrogen) atoms. The Balaban J connectivity index is 1.82. The first-order valence-electron chi connectivity index (χ1n) is 8.53. The maximum absolute atomic E-state index is 12.8. The lowest BCUT2D eigenvalue weighted by molar-refractivity contribution is -0.120. The van der Waals surface area contributed by atoms with Gasteiger partial charge in [0.25, 0.3) is 5.91 Å². The number of hydrogen-bond donors (Lipinski definition) is 2. The van der Waals surface area contributed by atoms with Crippen molar-refractivity contribution in [2.45, 2.75) is 39.0 Å². The van der Waals surface area contributed by atoms with Crippen molar-refractivity contribution in [3.05, 3.63) is 40.5 Å². The van der Waals surface area contributed by atoms with Crippen molar-refractivity contribution in [3.8, 4) is 5.00 Å². The molecule has 0 radical (unpaired) electrons. The molecule has 0 aliphatic heterocycles. The lowest BCUT2D eigenvalue weighted by Crippen LogP contribution is -2.37. The molecule has 128 valence electrons. The van der Waals surface area contributed by atoms with E-state index in [0.717, 1.165) is 36.2 Å². The van der Waals surface area contributed by atoms with Crippen LogP contribution in [0.5, 0.6) is 0 Å². The van der Waals surface area contributed by atoms with Crippen LogP contribution in [-0.4, -0.2) is 29.5 Å². The van der Waals surface area contributed by atoms with E-state index < -0.39 is 0 Å². The fourth-order valence-corrected chi connectivity index (χ4v) is 4.37. The fourth-order valence-electron chi connectivity index (χ4n) is 3.01. The van der Waals surface area contributed by atoms with Crippen LogP contribution in [0.4, 0.5) is 0 Å². The highest BCUT2D eigenvalue weighted by molar-refractivity contribution is 7.15. The summed E-state index contributed by atoms with van der Waals surface area (Å²) in [5.74, 6) is -0.290. The van der Waals surface area contributed by atoms with Crippen LogP contribution < -0.4 is 10.6 Å². The number of nitrogens with zero attached hydrogens (tertiary/aromatic N) is 1. The summed E-state index contributed by atoms with van der Waals surface area (Å²) in [7, 11) is 0. The zero-order chi connectivity index (χ0) is 16.9. The maximum Gasteiger partial charge on any atom is 0.255 e. The van der Waals surface area contributed by atoms with Gasteiger partial charge < -0.3 is 15.2 Å². The van der Waals surface area contributed by atoms with Crippen molar-refractivity contribution in [1.82, 2.24) is 15.2 Å². The van der Waals surface area contributed by atoms with Crippen LogP contribution in [-0.2, 0) is 17.6 Å². The smallest absolute Gasteiger partial charge is 0.255 e. The van der Waals surface area contributed by atoms with E-state index in [1.807, 2.05) is 36.0 Å². The van der Waals surface area contributed by atoms with Crippen LogP contribution in [0.25, 0.3) is 5.00 Å². The van der Waals surface area contributed by atoms with E-state index >= 15 is 0 Å². The molecule has 2 N–H and O–H groups in total. The van der Waals surface area contributed by atoms with Gasteiger partial charge in [-0.05, 0) is 49.8 Å². The van der Waals surface area contributed by atoms with Gasteiger partial charge in [0.2, 0.25) is 5.91 Å². The topological polar surface area (TPSA) is 63.1 Å². The van der Waals surface area contributed by atoms with Gasteiger partial charge in [0, 0.05) is 23.8 Å². The van der Waals surface area contributed by atoms with Crippen molar-refractivity contribution in [2.75, 3.05) is 13.1 Å². The third kappa shape index (κ3) is 3.53. The van der Waals surface area contributed by atoms with Crippen molar-refractivity contribution in [1.29, 1.82) is 0 Å². The predicted octanol–water partition coefficient (Wildman–Crippen LogP) is 2.67. The normalized spacial score (nSPS) is 13.4. The van der Waals surface area contributed by atoms with Crippen molar-refractivity contribution >= 4 is 23.2 Å². The van der Waals surface area contributed by atoms with Gasteiger partial charge in [0.1, 0.15) is 5.00 Å². The summed E-state index contributed by atoms with van der Waals surface area (Å²) in [6.07, 6.45) is 9.08. The van der Waals surface area contributed by atoms with E-state index in [1.54, 1.807) is 11.3 Å². The Hall–Kier alpha value is -2.08. The monoisotopic (exact) mass is 345 g/mol. The van der Waals surface area contributed by atoms with Crippen molar-refractivity contribution in [2.24, 2.45) is 0 Å². The number of hydrogen-bond acceptors (Lipinski definition) is 3. The zero-order valence-electron chi connectivity index (χ0n) is 13.9. The molecule has 1 aliphatic carbocycles. The maximum atomic E-state index is 12.8. The summed E-state index contributed by atoms with van der Waals surface area (Å²) in [5.41, 5.74) is 1.91. The predicted molar refractivity (Wildman–Crippen MR) is 95.9 cm³/mol. The molecule has 0 spiro atoms. The van der Waals surface area contributed by atoms with Crippen LogP contribution in [0.3, 0.4) is 0 Å². The number of fused-ring (bicyclic) bond motifs is 1. The second kappa shape index (κ2) is 7.66. The summed E-state index contributed by atoms with van der Waals surface area (Å²) in [6.45, 7) is 2.66. The zero-order valence-corrected chi connectivity index (χ0v) is 14.7. The van der Waals surface area contributed by atoms with Crippen molar-refractivity contribution in [3.63, 3.8) is 0 Å². The number of thiophene rings is 1.